The van der Waals surface area contributed by atoms with Gasteiger partial charge in [-0.15, -0.1) is 11.3 Å². The quantitative estimate of drug-likeness (QED) is 0.169. The van der Waals surface area contributed by atoms with E-state index in [0.717, 1.165) is 55.3 Å². The topological polar surface area (TPSA) is 58.9 Å². The van der Waals surface area contributed by atoms with Gasteiger partial charge in [0.1, 0.15) is 11.5 Å². The number of thiophene rings is 1. The second-order valence-corrected chi connectivity index (χ2v) is 13.0. The molecule has 1 heterocycles. The van der Waals surface area contributed by atoms with Crippen LogP contribution in [0.4, 0.5) is 0 Å². The van der Waals surface area contributed by atoms with Crippen molar-refractivity contribution in [2.45, 2.75) is 25.0 Å². The molecule has 4 nitrogen and oxygen atoms in total. The maximum atomic E-state index is 11.3. The Balaban J connectivity index is 1.08. The van der Waals surface area contributed by atoms with Gasteiger partial charge in [0, 0.05) is 33.0 Å². The molecule has 2 unspecified atom stereocenters. The molecule has 5 heteroatoms. The molecule has 2 atom stereocenters. The smallest absolute Gasteiger partial charge is 0.119 e. The van der Waals surface area contributed by atoms with Crippen LogP contribution in [0.15, 0.2) is 109 Å². The summed E-state index contributed by atoms with van der Waals surface area (Å²) in [7, 11) is 3.34. The fraction of sp³-hybridized carbons (Fsp3) is 0.150. The number of benzene rings is 7. The second-order valence-electron chi connectivity index (χ2n) is 11.9. The third-order valence-electron chi connectivity index (χ3n) is 9.14. The average molecular weight is 609 g/mol. The summed E-state index contributed by atoms with van der Waals surface area (Å²) in [5.74, 6) is 1.65. The highest BCUT2D eigenvalue weighted by Gasteiger charge is 2.19. The highest BCUT2D eigenvalue weighted by molar-refractivity contribution is 7.26. The van der Waals surface area contributed by atoms with E-state index in [1.54, 1.807) is 25.6 Å². The maximum absolute atomic E-state index is 11.3. The Labute approximate surface area is 265 Å². The molecule has 0 aliphatic heterocycles. The van der Waals surface area contributed by atoms with E-state index >= 15 is 0 Å². The normalized spacial score (nSPS) is 13.3. The highest BCUT2D eigenvalue weighted by atomic mass is 32.1. The lowest BCUT2D eigenvalue weighted by atomic mass is 9.92. The Hall–Kier alpha value is -4.68. The molecule has 0 aliphatic carbocycles. The van der Waals surface area contributed by atoms with Crippen molar-refractivity contribution in [2.24, 2.45) is 0 Å². The number of rotatable bonds is 8. The maximum Gasteiger partial charge on any atom is 0.119 e. The molecule has 222 valence electrons. The molecular weight excluding hydrogens is 577 g/mol. The third kappa shape index (κ3) is 4.94. The Bertz CT molecular complexity index is 2350. The van der Waals surface area contributed by atoms with Crippen LogP contribution >= 0.6 is 11.3 Å². The van der Waals surface area contributed by atoms with Crippen LogP contribution in [-0.2, 0) is 12.8 Å². The van der Waals surface area contributed by atoms with Gasteiger partial charge in [0.05, 0.1) is 26.4 Å². The van der Waals surface area contributed by atoms with Crippen molar-refractivity contribution in [1.29, 1.82) is 0 Å². The zero-order chi connectivity index (χ0) is 30.7. The standard InChI is InChI=1S/C40H32O4S/c1-43-32-11-7-24-18-29(5-3-26(24)20-32)35(41)16-23-15-31-9-13-34-28(10-14-37-40(34)39(31)38(17-23)45-37)22-36(42)30-6-4-27-21-33(44-2)12-8-25(27)19-30/h3-15,17-21,35-36,41-42H,16,22H2,1-2H3. The van der Waals surface area contributed by atoms with E-state index in [1.807, 2.05) is 60.7 Å². The van der Waals surface area contributed by atoms with Crippen LogP contribution in [0, 0.1) is 0 Å². The van der Waals surface area contributed by atoms with Crippen molar-refractivity contribution in [3.63, 3.8) is 0 Å². The molecular formula is C40H32O4S. The molecule has 1 aromatic heterocycles. The Morgan fingerprint density at radius 1 is 0.533 bits per heavy atom. The molecule has 0 fully saturated rings. The van der Waals surface area contributed by atoms with Gasteiger partial charge in [-0.05, 0) is 103 Å². The van der Waals surface area contributed by atoms with Crippen LogP contribution in [0.3, 0.4) is 0 Å². The number of ether oxygens (including phenoxy) is 2. The van der Waals surface area contributed by atoms with Gasteiger partial charge in [-0.3, -0.25) is 0 Å². The number of methoxy groups -OCH3 is 2. The zero-order valence-corrected chi connectivity index (χ0v) is 25.9. The van der Waals surface area contributed by atoms with Crippen molar-refractivity contribution in [2.75, 3.05) is 14.2 Å². The summed E-state index contributed by atoms with van der Waals surface area (Å²) in [6.45, 7) is 0. The molecule has 0 amide bonds. The summed E-state index contributed by atoms with van der Waals surface area (Å²) in [6, 6.07) is 37.5. The van der Waals surface area contributed by atoms with Crippen LogP contribution in [0.1, 0.15) is 34.5 Å². The third-order valence-corrected chi connectivity index (χ3v) is 10.2. The summed E-state index contributed by atoms with van der Waals surface area (Å²) in [5.41, 5.74) is 4.07. The second kappa shape index (κ2) is 11.0. The molecule has 2 N–H and O–H groups in total. The predicted molar refractivity (Wildman–Crippen MR) is 186 cm³/mol. The van der Waals surface area contributed by atoms with Crippen molar-refractivity contribution in [3.8, 4) is 11.5 Å². The predicted octanol–water partition coefficient (Wildman–Crippen LogP) is 9.52. The van der Waals surface area contributed by atoms with E-state index in [9.17, 15) is 10.2 Å². The molecule has 0 spiro atoms. The van der Waals surface area contributed by atoms with Crippen molar-refractivity contribution in [1.82, 2.24) is 0 Å². The molecule has 0 radical (unpaired) electrons. The van der Waals surface area contributed by atoms with Gasteiger partial charge in [0.2, 0.25) is 0 Å². The number of hydrogen-bond acceptors (Lipinski definition) is 5. The van der Waals surface area contributed by atoms with Crippen molar-refractivity contribution in [3.05, 3.63) is 131 Å². The van der Waals surface area contributed by atoms with Crippen LogP contribution in [0.5, 0.6) is 11.5 Å². The van der Waals surface area contributed by atoms with Gasteiger partial charge in [0.25, 0.3) is 0 Å². The summed E-state index contributed by atoms with van der Waals surface area (Å²) in [6.07, 6.45) is -0.151. The highest BCUT2D eigenvalue weighted by Crippen LogP contribution is 2.43. The Morgan fingerprint density at radius 3 is 1.76 bits per heavy atom. The number of fused-ring (bicyclic) bond motifs is 2. The summed E-state index contributed by atoms with van der Waals surface area (Å²) in [5, 5.41) is 31.8. The molecule has 0 bridgehead atoms. The molecule has 0 saturated heterocycles. The summed E-state index contributed by atoms with van der Waals surface area (Å²) < 4.78 is 13.2. The van der Waals surface area contributed by atoms with Gasteiger partial charge in [-0.1, -0.05) is 60.7 Å². The fourth-order valence-corrected chi connectivity index (χ4v) is 7.98. The lowest BCUT2D eigenvalue weighted by Crippen LogP contribution is -2.03. The first kappa shape index (κ1) is 27.8. The van der Waals surface area contributed by atoms with E-state index in [1.165, 1.54) is 30.9 Å². The molecule has 8 rings (SSSR count). The molecule has 0 aliphatic rings. The van der Waals surface area contributed by atoms with Crippen LogP contribution in [-0.4, -0.2) is 24.4 Å². The Kier molecular flexibility index (Phi) is 6.83. The van der Waals surface area contributed by atoms with Gasteiger partial charge >= 0.3 is 0 Å². The average Bonchev–Trinajstić information content (AvgIpc) is 3.45. The monoisotopic (exact) mass is 608 g/mol. The molecule has 8 aromatic rings. The number of aliphatic hydroxyl groups excluding tert-OH is 2. The van der Waals surface area contributed by atoms with Gasteiger partial charge in [-0.25, -0.2) is 0 Å². The van der Waals surface area contributed by atoms with Crippen LogP contribution in [0.2, 0.25) is 0 Å². The van der Waals surface area contributed by atoms with E-state index < -0.39 is 12.2 Å². The van der Waals surface area contributed by atoms with E-state index in [-0.39, 0.29) is 0 Å². The minimum absolute atomic E-state index is 0.534. The first-order valence-electron chi connectivity index (χ1n) is 15.2. The van der Waals surface area contributed by atoms with E-state index in [2.05, 4.69) is 48.5 Å². The summed E-state index contributed by atoms with van der Waals surface area (Å²) >= 11 is 1.79. The Morgan fingerprint density at radius 2 is 1.11 bits per heavy atom. The van der Waals surface area contributed by atoms with E-state index in [4.69, 9.17) is 9.47 Å². The molecule has 0 saturated carbocycles. The molecule has 45 heavy (non-hydrogen) atoms. The van der Waals surface area contributed by atoms with Gasteiger partial charge in [0.15, 0.2) is 0 Å². The van der Waals surface area contributed by atoms with Crippen LogP contribution < -0.4 is 9.47 Å². The number of aliphatic hydroxyl groups is 2. The van der Waals surface area contributed by atoms with Crippen molar-refractivity contribution >= 4 is 63.8 Å². The number of hydrogen-bond donors (Lipinski definition) is 2. The first-order valence-corrected chi connectivity index (χ1v) is 16.0. The minimum atomic E-state index is -0.616. The van der Waals surface area contributed by atoms with Crippen molar-refractivity contribution < 1.29 is 19.7 Å². The molecule has 7 aromatic carbocycles. The largest absolute Gasteiger partial charge is 0.497 e. The lowest BCUT2D eigenvalue weighted by molar-refractivity contribution is 0.178. The van der Waals surface area contributed by atoms with E-state index in [0.29, 0.717) is 12.8 Å². The minimum Gasteiger partial charge on any atom is -0.497 e. The zero-order valence-electron chi connectivity index (χ0n) is 25.1. The fourth-order valence-electron chi connectivity index (χ4n) is 6.76. The SMILES string of the molecule is COc1ccc2cc(C(O)Cc3cc4ccc5c(CC(O)c6ccc7cc(OC)ccc7c6)ccc6sc(c3)c4c65)ccc2c1. The summed E-state index contributed by atoms with van der Waals surface area (Å²) in [4.78, 5) is 0. The van der Waals surface area contributed by atoms with Gasteiger partial charge < -0.3 is 19.7 Å². The lowest BCUT2D eigenvalue weighted by Gasteiger charge is -2.15. The van der Waals surface area contributed by atoms with Crippen LogP contribution in [0.25, 0.3) is 52.5 Å². The first-order chi connectivity index (χ1) is 22.0. The van der Waals surface area contributed by atoms with Gasteiger partial charge in [-0.2, -0.15) is 0 Å².